The van der Waals surface area contributed by atoms with Gasteiger partial charge in [0.25, 0.3) is 5.91 Å². The van der Waals surface area contributed by atoms with Crippen molar-refractivity contribution in [1.29, 1.82) is 0 Å². The molecular formula is C22H32N4O5S. The number of morpholine rings is 1. The van der Waals surface area contributed by atoms with Gasteiger partial charge in [-0.2, -0.15) is 4.31 Å². The van der Waals surface area contributed by atoms with Crippen LogP contribution < -0.4 is 5.32 Å². The van der Waals surface area contributed by atoms with Gasteiger partial charge in [0.1, 0.15) is 0 Å². The van der Waals surface area contributed by atoms with Crippen LogP contribution in [-0.2, 0) is 19.6 Å². The minimum Gasteiger partial charge on any atom is -0.373 e. The Morgan fingerprint density at radius 1 is 1.12 bits per heavy atom. The van der Waals surface area contributed by atoms with Gasteiger partial charge in [0.05, 0.1) is 23.6 Å². The van der Waals surface area contributed by atoms with Crippen molar-refractivity contribution in [1.82, 2.24) is 19.4 Å². The maximum Gasteiger partial charge on any atom is 0.254 e. The van der Waals surface area contributed by atoms with E-state index in [1.54, 1.807) is 12.1 Å². The van der Waals surface area contributed by atoms with E-state index in [0.29, 0.717) is 18.7 Å². The molecule has 0 saturated carbocycles. The number of hydrogen-bond donors (Lipinski definition) is 1. The van der Waals surface area contributed by atoms with E-state index in [-0.39, 0.29) is 48.0 Å². The SMILES string of the molecule is CC1CN(CC2CCCN2C(=O)c2ccc(S(=O)(=O)N3CCNC(=O)C3)cc2)CC(C)O1. The van der Waals surface area contributed by atoms with Crippen molar-refractivity contribution < 1.29 is 22.7 Å². The third-order valence-corrected chi connectivity index (χ3v) is 8.20. The van der Waals surface area contributed by atoms with Crippen molar-refractivity contribution >= 4 is 21.8 Å². The Morgan fingerprint density at radius 3 is 2.47 bits per heavy atom. The number of likely N-dealkylation sites (tertiary alicyclic amines) is 1. The van der Waals surface area contributed by atoms with Crippen LogP contribution in [0.15, 0.2) is 29.2 Å². The number of piperazine rings is 1. The van der Waals surface area contributed by atoms with E-state index in [1.807, 2.05) is 4.90 Å². The lowest BCUT2D eigenvalue weighted by atomic mass is 10.1. The third-order valence-electron chi connectivity index (χ3n) is 6.34. The van der Waals surface area contributed by atoms with E-state index in [9.17, 15) is 18.0 Å². The molecule has 9 nitrogen and oxygen atoms in total. The highest BCUT2D eigenvalue weighted by atomic mass is 32.2. The molecule has 0 bridgehead atoms. The largest absolute Gasteiger partial charge is 0.373 e. The first kappa shape index (κ1) is 23.2. The zero-order chi connectivity index (χ0) is 22.9. The zero-order valence-electron chi connectivity index (χ0n) is 18.7. The number of hydrogen-bond acceptors (Lipinski definition) is 6. The molecule has 0 spiro atoms. The maximum atomic E-state index is 13.2. The van der Waals surface area contributed by atoms with Crippen LogP contribution >= 0.6 is 0 Å². The maximum absolute atomic E-state index is 13.2. The fraction of sp³-hybridized carbons (Fsp3) is 0.636. The van der Waals surface area contributed by atoms with Crippen molar-refractivity contribution in [2.24, 2.45) is 0 Å². The molecule has 3 aliphatic rings. The first-order valence-electron chi connectivity index (χ1n) is 11.3. The van der Waals surface area contributed by atoms with Gasteiger partial charge in [-0.15, -0.1) is 0 Å². The number of nitrogens with one attached hydrogen (secondary N) is 1. The summed E-state index contributed by atoms with van der Waals surface area (Å²) in [6, 6.07) is 6.23. The second kappa shape index (κ2) is 9.46. The topological polar surface area (TPSA) is 99.3 Å². The molecule has 0 radical (unpaired) electrons. The first-order valence-corrected chi connectivity index (χ1v) is 12.7. The standard InChI is InChI=1S/C22H32N4O5S/c1-16-12-24(13-17(2)31-16)14-19-4-3-10-26(19)22(28)18-5-7-20(8-6-18)32(29,30)25-11-9-23-21(27)15-25/h5-8,16-17,19H,3-4,9-15H2,1-2H3,(H,23,27). The van der Waals surface area contributed by atoms with Crippen molar-refractivity contribution in [3.63, 3.8) is 0 Å². The Labute approximate surface area is 189 Å². The number of carbonyl (C=O) groups is 2. The van der Waals surface area contributed by atoms with E-state index in [4.69, 9.17) is 4.74 Å². The van der Waals surface area contributed by atoms with Gasteiger partial charge in [-0.05, 0) is 51.0 Å². The number of amides is 2. The highest BCUT2D eigenvalue weighted by Crippen LogP contribution is 2.24. The van der Waals surface area contributed by atoms with Crippen LogP contribution in [0.25, 0.3) is 0 Å². The molecule has 0 aromatic heterocycles. The molecular weight excluding hydrogens is 432 g/mol. The molecule has 1 N–H and O–H groups in total. The predicted octanol–water partition coefficient (Wildman–Crippen LogP) is 0.521. The number of rotatable bonds is 5. The fourth-order valence-electron chi connectivity index (χ4n) is 4.93. The van der Waals surface area contributed by atoms with Gasteiger partial charge < -0.3 is 15.0 Å². The van der Waals surface area contributed by atoms with Crippen molar-refractivity contribution in [3.05, 3.63) is 29.8 Å². The number of benzene rings is 1. The molecule has 32 heavy (non-hydrogen) atoms. The molecule has 1 aromatic carbocycles. The minimum absolute atomic E-state index is 0.0665. The molecule has 3 aliphatic heterocycles. The van der Waals surface area contributed by atoms with Crippen molar-refractivity contribution in [2.75, 3.05) is 45.8 Å². The zero-order valence-corrected chi connectivity index (χ0v) is 19.5. The second-order valence-corrected chi connectivity index (χ2v) is 10.9. The van der Waals surface area contributed by atoms with Crippen LogP contribution in [0, 0.1) is 0 Å². The molecule has 3 heterocycles. The number of ether oxygens (including phenoxy) is 1. The van der Waals surface area contributed by atoms with E-state index < -0.39 is 10.0 Å². The molecule has 4 rings (SSSR count). The fourth-order valence-corrected chi connectivity index (χ4v) is 6.33. The number of nitrogens with zero attached hydrogens (tertiary/aromatic N) is 3. The van der Waals surface area contributed by atoms with Crippen LogP contribution in [0.2, 0.25) is 0 Å². The van der Waals surface area contributed by atoms with Crippen LogP contribution in [-0.4, -0.2) is 98.4 Å². The highest BCUT2D eigenvalue weighted by molar-refractivity contribution is 7.89. The summed E-state index contributed by atoms with van der Waals surface area (Å²) in [4.78, 5) is 29.2. The van der Waals surface area contributed by atoms with Crippen LogP contribution in [0.4, 0.5) is 0 Å². The van der Waals surface area contributed by atoms with Gasteiger partial charge in [0, 0.05) is 50.9 Å². The Balaban J connectivity index is 1.43. The summed E-state index contributed by atoms with van der Waals surface area (Å²) in [5, 5.41) is 2.62. The molecule has 10 heteroatoms. The lowest BCUT2D eigenvalue weighted by Crippen LogP contribution is -2.51. The second-order valence-electron chi connectivity index (χ2n) is 8.98. The molecule has 1 aromatic rings. The third kappa shape index (κ3) is 4.98. The van der Waals surface area contributed by atoms with E-state index in [1.165, 1.54) is 16.4 Å². The Bertz CT molecular complexity index is 942. The summed E-state index contributed by atoms with van der Waals surface area (Å²) in [7, 11) is -3.77. The van der Waals surface area contributed by atoms with Gasteiger partial charge in [0.2, 0.25) is 15.9 Å². The smallest absolute Gasteiger partial charge is 0.254 e. The van der Waals surface area contributed by atoms with Gasteiger partial charge in [0.15, 0.2) is 0 Å². The lowest BCUT2D eigenvalue weighted by Gasteiger charge is -2.38. The summed E-state index contributed by atoms with van der Waals surface area (Å²) < 4.78 is 32.6. The summed E-state index contributed by atoms with van der Waals surface area (Å²) in [6.45, 7) is 7.77. The molecule has 3 atom stereocenters. The first-order chi connectivity index (χ1) is 15.2. The van der Waals surface area contributed by atoms with Gasteiger partial charge >= 0.3 is 0 Å². The van der Waals surface area contributed by atoms with Crippen LogP contribution in [0.3, 0.4) is 0 Å². The lowest BCUT2D eigenvalue weighted by molar-refractivity contribution is -0.122. The molecule has 3 unspecified atom stereocenters. The van der Waals surface area contributed by atoms with E-state index in [0.717, 1.165) is 32.5 Å². The predicted molar refractivity (Wildman–Crippen MR) is 119 cm³/mol. The molecule has 3 saturated heterocycles. The minimum atomic E-state index is -3.77. The molecule has 0 aliphatic carbocycles. The Hall–Kier alpha value is -2.01. The number of sulfonamides is 1. The summed E-state index contributed by atoms with van der Waals surface area (Å²) in [5.74, 6) is -0.376. The van der Waals surface area contributed by atoms with Crippen molar-refractivity contribution in [2.45, 2.75) is 49.8 Å². The van der Waals surface area contributed by atoms with Gasteiger partial charge in [-0.1, -0.05) is 0 Å². The Morgan fingerprint density at radius 2 is 1.81 bits per heavy atom. The average Bonchev–Trinajstić information content (AvgIpc) is 3.20. The summed E-state index contributed by atoms with van der Waals surface area (Å²) >= 11 is 0. The Kier molecular flexibility index (Phi) is 6.85. The molecule has 3 fully saturated rings. The van der Waals surface area contributed by atoms with E-state index in [2.05, 4.69) is 24.1 Å². The van der Waals surface area contributed by atoms with Gasteiger partial charge in [-0.3, -0.25) is 14.5 Å². The highest BCUT2D eigenvalue weighted by Gasteiger charge is 2.33. The quantitative estimate of drug-likeness (QED) is 0.682. The van der Waals surface area contributed by atoms with Gasteiger partial charge in [-0.25, -0.2) is 8.42 Å². The summed E-state index contributed by atoms with van der Waals surface area (Å²) in [5.41, 5.74) is 0.482. The monoisotopic (exact) mass is 464 g/mol. The number of carbonyl (C=O) groups excluding carboxylic acids is 2. The normalized spacial score (nSPS) is 28.0. The summed E-state index contributed by atoms with van der Waals surface area (Å²) in [6.07, 6.45) is 2.31. The van der Waals surface area contributed by atoms with Crippen LogP contribution in [0.5, 0.6) is 0 Å². The van der Waals surface area contributed by atoms with E-state index >= 15 is 0 Å². The molecule has 2 amide bonds. The molecule has 176 valence electrons. The average molecular weight is 465 g/mol. The van der Waals surface area contributed by atoms with Crippen molar-refractivity contribution in [3.8, 4) is 0 Å². The van der Waals surface area contributed by atoms with Crippen LogP contribution in [0.1, 0.15) is 37.0 Å².